The number of amides is 1. The lowest BCUT2D eigenvalue weighted by molar-refractivity contribution is -0.0668. The van der Waals surface area contributed by atoms with Crippen molar-refractivity contribution in [1.82, 2.24) is 4.90 Å². The molecule has 0 aromatic heterocycles. The highest BCUT2D eigenvalue weighted by atomic mass is 32.2. The lowest BCUT2D eigenvalue weighted by atomic mass is 9.96. The molecule has 1 saturated heterocycles. The van der Waals surface area contributed by atoms with Crippen LogP contribution in [0, 0.1) is 0 Å². The zero-order chi connectivity index (χ0) is 14.3. The average Bonchev–Trinajstić information content (AvgIpc) is 2.23. The Labute approximate surface area is 112 Å². The lowest BCUT2D eigenvalue weighted by Crippen LogP contribution is -2.61. The highest BCUT2D eigenvalue weighted by molar-refractivity contribution is 7.89. The normalized spacial score (nSPS) is 17.9. The van der Waals surface area contributed by atoms with Crippen molar-refractivity contribution in [3.8, 4) is 0 Å². The number of β-amino-alcohol motifs (C(OH)–C–C–N with tert-alkyl or cyclic N) is 1. The van der Waals surface area contributed by atoms with Crippen LogP contribution < -0.4 is 0 Å². The first kappa shape index (κ1) is 14.0. The van der Waals surface area contributed by atoms with Gasteiger partial charge < -0.3 is 10.0 Å². The van der Waals surface area contributed by atoms with Gasteiger partial charge in [0, 0.05) is 11.8 Å². The first-order chi connectivity index (χ1) is 8.66. The second-order valence-electron chi connectivity index (χ2n) is 5.43. The maximum Gasteiger partial charge on any atom is 0.254 e. The minimum Gasteiger partial charge on any atom is -0.386 e. The summed E-state index contributed by atoms with van der Waals surface area (Å²) in [6.07, 6.45) is 1.17. The molecule has 1 heterocycles. The van der Waals surface area contributed by atoms with E-state index in [4.69, 9.17) is 0 Å². The van der Waals surface area contributed by atoms with Crippen LogP contribution in [0.5, 0.6) is 0 Å². The van der Waals surface area contributed by atoms with Crippen LogP contribution in [-0.4, -0.2) is 49.3 Å². The number of sulfone groups is 1. The molecule has 0 bridgehead atoms. The molecule has 0 unspecified atom stereocenters. The molecule has 1 amide bonds. The largest absolute Gasteiger partial charge is 0.386 e. The first-order valence-corrected chi connectivity index (χ1v) is 8.01. The Hall–Kier alpha value is -1.40. The topological polar surface area (TPSA) is 74.7 Å². The number of benzene rings is 1. The summed E-state index contributed by atoms with van der Waals surface area (Å²) in [6, 6.07) is 6.53. The Morgan fingerprint density at radius 1 is 1.32 bits per heavy atom. The van der Waals surface area contributed by atoms with Gasteiger partial charge in [-0.3, -0.25) is 4.79 Å². The Morgan fingerprint density at radius 2 is 1.84 bits per heavy atom. The third-order valence-electron chi connectivity index (χ3n) is 2.98. The number of carbonyl (C=O) groups excluding carboxylic acids is 1. The Bertz CT molecular complexity index is 582. The fourth-order valence-electron chi connectivity index (χ4n) is 2.15. The molecule has 0 radical (unpaired) electrons. The molecular formula is C13H17NO4S. The van der Waals surface area contributed by atoms with Crippen molar-refractivity contribution in [3.05, 3.63) is 35.4 Å². The van der Waals surface area contributed by atoms with Gasteiger partial charge in [-0.1, -0.05) is 12.1 Å². The summed E-state index contributed by atoms with van der Waals surface area (Å²) in [4.78, 5) is 13.6. The van der Waals surface area contributed by atoms with Gasteiger partial charge in [-0.25, -0.2) is 8.42 Å². The van der Waals surface area contributed by atoms with E-state index < -0.39 is 15.4 Å². The van der Waals surface area contributed by atoms with Crippen LogP contribution in [0.1, 0.15) is 22.8 Å². The van der Waals surface area contributed by atoms with E-state index in [-0.39, 0.29) is 11.7 Å². The van der Waals surface area contributed by atoms with E-state index in [0.29, 0.717) is 24.2 Å². The maximum absolute atomic E-state index is 12.0. The second-order valence-corrected chi connectivity index (χ2v) is 7.57. The van der Waals surface area contributed by atoms with Gasteiger partial charge in [-0.2, -0.15) is 0 Å². The number of likely N-dealkylation sites (tertiary alicyclic amines) is 1. The summed E-state index contributed by atoms with van der Waals surface area (Å²) in [6.45, 7) is 2.35. The molecule has 1 aromatic carbocycles. The number of aliphatic hydroxyl groups is 1. The molecule has 5 nitrogen and oxygen atoms in total. The summed E-state index contributed by atoms with van der Waals surface area (Å²) in [5.74, 6) is -0.169. The predicted octanol–water partition coefficient (Wildman–Crippen LogP) is 0.438. The molecule has 0 spiro atoms. The van der Waals surface area contributed by atoms with Crippen molar-refractivity contribution in [2.24, 2.45) is 0 Å². The third kappa shape index (κ3) is 3.54. The van der Waals surface area contributed by atoms with Gasteiger partial charge in [-0.15, -0.1) is 0 Å². The van der Waals surface area contributed by atoms with Crippen LogP contribution in [0.3, 0.4) is 0 Å². The standard InChI is InChI=1S/C13H17NO4S/c1-13(16)8-14(9-13)12(15)11-5-3-10(4-6-11)7-19(2,17)18/h3-6,16H,7-9H2,1-2H3. The third-order valence-corrected chi connectivity index (χ3v) is 3.84. The van der Waals surface area contributed by atoms with Crippen molar-refractivity contribution >= 4 is 15.7 Å². The molecule has 1 fully saturated rings. The van der Waals surface area contributed by atoms with Gasteiger partial charge in [0.05, 0.1) is 24.4 Å². The van der Waals surface area contributed by atoms with Crippen LogP contribution >= 0.6 is 0 Å². The molecule has 104 valence electrons. The monoisotopic (exact) mass is 283 g/mol. The number of carbonyl (C=O) groups is 1. The van der Waals surface area contributed by atoms with E-state index in [1.54, 1.807) is 36.1 Å². The van der Waals surface area contributed by atoms with Crippen molar-refractivity contribution in [2.45, 2.75) is 18.3 Å². The van der Waals surface area contributed by atoms with E-state index in [1.165, 1.54) is 6.26 Å². The highest BCUT2D eigenvalue weighted by Crippen LogP contribution is 2.22. The molecule has 1 N–H and O–H groups in total. The lowest BCUT2D eigenvalue weighted by Gasteiger charge is -2.44. The fourth-order valence-corrected chi connectivity index (χ4v) is 2.95. The molecule has 0 saturated carbocycles. The molecule has 1 aliphatic heterocycles. The minimum absolute atomic E-state index is 0.0279. The summed E-state index contributed by atoms with van der Waals surface area (Å²) in [5.41, 5.74) is 0.383. The number of rotatable bonds is 3. The fraction of sp³-hybridized carbons (Fsp3) is 0.462. The van der Waals surface area contributed by atoms with E-state index in [9.17, 15) is 18.3 Å². The van der Waals surface area contributed by atoms with Crippen LogP contribution in [0.15, 0.2) is 24.3 Å². The molecular weight excluding hydrogens is 266 g/mol. The van der Waals surface area contributed by atoms with Gasteiger partial charge >= 0.3 is 0 Å². The van der Waals surface area contributed by atoms with Gasteiger partial charge in [0.15, 0.2) is 9.84 Å². The summed E-state index contributed by atoms with van der Waals surface area (Å²) in [5, 5.41) is 9.59. The van der Waals surface area contributed by atoms with Gasteiger partial charge in [-0.05, 0) is 24.6 Å². The maximum atomic E-state index is 12.0. The van der Waals surface area contributed by atoms with Crippen LogP contribution in [-0.2, 0) is 15.6 Å². The quantitative estimate of drug-likeness (QED) is 0.873. The van der Waals surface area contributed by atoms with Crippen molar-refractivity contribution in [2.75, 3.05) is 19.3 Å². The predicted molar refractivity (Wildman–Crippen MR) is 71.5 cm³/mol. The Kier molecular flexibility index (Phi) is 3.40. The summed E-state index contributed by atoms with van der Waals surface area (Å²) < 4.78 is 22.3. The smallest absolute Gasteiger partial charge is 0.254 e. The second kappa shape index (κ2) is 4.61. The number of hydrogen-bond donors (Lipinski definition) is 1. The van der Waals surface area contributed by atoms with Gasteiger partial charge in [0.25, 0.3) is 5.91 Å². The van der Waals surface area contributed by atoms with E-state index in [0.717, 1.165) is 0 Å². The molecule has 1 aliphatic rings. The molecule has 6 heteroatoms. The van der Waals surface area contributed by atoms with Crippen molar-refractivity contribution in [1.29, 1.82) is 0 Å². The molecule has 0 atom stereocenters. The Balaban J connectivity index is 2.05. The number of hydrogen-bond acceptors (Lipinski definition) is 4. The summed E-state index contributed by atoms with van der Waals surface area (Å²) >= 11 is 0. The van der Waals surface area contributed by atoms with Crippen molar-refractivity contribution < 1.29 is 18.3 Å². The summed E-state index contributed by atoms with van der Waals surface area (Å²) in [7, 11) is -3.06. The van der Waals surface area contributed by atoms with Gasteiger partial charge in [0.2, 0.25) is 0 Å². The number of nitrogens with zero attached hydrogens (tertiary/aromatic N) is 1. The molecule has 19 heavy (non-hydrogen) atoms. The van der Waals surface area contributed by atoms with E-state index >= 15 is 0 Å². The van der Waals surface area contributed by atoms with E-state index in [1.807, 2.05) is 0 Å². The zero-order valence-corrected chi connectivity index (χ0v) is 11.8. The van der Waals surface area contributed by atoms with Gasteiger partial charge in [0.1, 0.15) is 0 Å². The molecule has 0 aliphatic carbocycles. The molecule has 1 aromatic rings. The minimum atomic E-state index is -3.06. The van der Waals surface area contributed by atoms with Crippen LogP contribution in [0.25, 0.3) is 0 Å². The van der Waals surface area contributed by atoms with Crippen LogP contribution in [0.2, 0.25) is 0 Å². The highest BCUT2D eigenvalue weighted by Gasteiger charge is 2.39. The van der Waals surface area contributed by atoms with Crippen LogP contribution in [0.4, 0.5) is 0 Å². The van der Waals surface area contributed by atoms with E-state index in [2.05, 4.69) is 0 Å². The Morgan fingerprint density at radius 3 is 2.26 bits per heavy atom. The SMILES string of the molecule is CC1(O)CN(C(=O)c2ccc(CS(C)(=O)=O)cc2)C1. The van der Waals surface area contributed by atoms with Crippen molar-refractivity contribution in [3.63, 3.8) is 0 Å². The zero-order valence-electron chi connectivity index (χ0n) is 11.0. The molecule has 2 rings (SSSR count). The first-order valence-electron chi connectivity index (χ1n) is 5.95. The average molecular weight is 283 g/mol.